The van der Waals surface area contributed by atoms with Crippen LogP contribution in [-0.2, 0) is 9.59 Å². The molecule has 1 aromatic carbocycles. The van der Waals surface area contributed by atoms with E-state index in [0.717, 1.165) is 0 Å². The molecule has 2 N–H and O–H groups in total. The van der Waals surface area contributed by atoms with E-state index >= 15 is 0 Å². The highest BCUT2D eigenvalue weighted by Crippen LogP contribution is 2.15. The van der Waals surface area contributed by atoms with E-state index in [0.29, 0.717) is 23.8 Å². The number of para-hydroxylation sites is 1. The third-order valence-electron chi connectivity index (χ3n) is 2.52. The summed E-state index contributed by atoms with van der Waals surface area (Å²) < 4.78 is 5.25. The smallest absolute Gasteiger partial charge is 0.258 e. The first-order valence-corrected chi connectivity index (χ1v) is 6.68. The maximum absolute atomic E-state index is 11.6. The fourth-order valence-electron chi connectivity index (χ4n) is 1.44. The van der Waals surface area contributed by atoms with Gasteiger partial charge in [-0.05, 0) is 18.1 Å². The molecule has 1 rings (SSSR count). The van der Waals surface area contributed by atoms with E-state index in [1.54, 1.807) is 24.3 Å². The van der Waals surface area contributed by atoms with Crippen molar-refractivity contribution in [1.29, 1.82) is 5.26 Å². The highest BCUT2D eigenvalue weighted by atomic mass is 16.5. The molecule has 0 bridgehead atoms. The number of nitriles is 1. The largest absolute Gasteiger partial charge is 0.482 e. The molecule has 0 aliphatic carbocycles. The standard InChI is InChI=1S/C15H19N3O3/c1-11(2)8-17-14(19)9-18-15(20)10-21-13-6-4-3-5-12(13)7-16/h3-6,11H,8-10H2,1-2H3,(H,17,19)(H,18,20). The number of rotatable bonds is 7. The summed E-state index contributed by atoms with van der Waals surface area (Å²) in [5.74, 6) is 0.0480. The Morgan fingerprint density at radius 2 is 1.95 bits per heavy atom. The summed E-state index contributed by atoms with van der Waals surface area (Å²) in [6.07, 6.45) is 0. The van der Waals surface area contributed by atoms with E-state index in [1.807, 2.05) is 19.9 Å². The highest BCUT2D eigenvalue weighted by Gasteiger charge is 2.08. The van der Waals surface area contributed by atoms with E-state index in [2.05, 4.69) is 10.6 Å². The van der Waals surface area contributed by atoms with Crippen molar-refractivity contribution < 1.29 is 14.3 Å². The Morgan fingerprint density at radius 1 is 1.24 bits per heavy atom. The summed E-state index contributed by atoms with van der Waals surface area (Å²) in [7, 11) is 0. The summed E-state index contributed by atoms with van der Waals surface area (Å²) in [6, 6.07) is 8.62. The van der Waals surface area contributed by atoms with E-state index in [-0.39, 0.29) is 19.1 Å². The quantitative estimate of drug-likeness (QED) is 0.777. The van der Waals surface area contributed by atoms with Gasteiger partial charge in [0, 0.05) is 6.54 Å². The van der Waals surface area contributed by atoms with Gasteiger partial charge in [-0.3, -0.25) is 9.59 Å². The van der Waals surface area contributed by atoms with Gasteiger partial charge < -0.3 is 15.4 Å². The zero-order valence-corrected chi connectivity index (χ0v) is 12.2. The molecule has 0 saturated carbocycles. The van der Waals surface area contributed by atoms with Crippen molar-refractivity contribution >= 4 is 11.8 Å². The zero-order valence-electron chi connectivity index (χ0n) is 12.2. The Kier molecular flexibility index (Phi) is 6.75. The van der Waals surface area contributed by atoms with Crippen LogP contribution < -0.4 is 15.4 Å². The van der Waals surface area contributed by atoms with Crippen LogP contribution in [0.25, 0.3) is 0 Å². The van der Waals surface area contributed by atoms with Crippen LogP contribution in [0.2, 0.25) is 0 Å². The van der Waals surface area contributed by atoms with Gasteiger partial charge in [-0.1, -0.05) is 26.0 Å². The minimum Gasteiger partial charge on any atom is -0.482 e. The van der Waals surface area contributed by atoms with E-state index in [9.17, 15) is 9.59 Å². The maximum atomic E-state index is 11.6. The Morgan fingerprint density at radius 3 is 2.62 bits per heavy atom. The molecule has 0 aromatic heterocycles. The Labute approximate surface area is 124 Å². The predicted molar refractivity (Wildman–Crippen MR) is 77.5 cm³/mol. The number of amides is 2. The second-order valence-corrected chi connectivity index (χ2v) is 4.87. The van der Waals surface area contributed by atoms with Crippen molar-refractivity contribution in [2.75, 3.05) is 19.7 Å². The number of hydrogen-bond donors (Lipinski definition) is 2. The minimum absolute atomic E-state index is 0.0885. The van der Waals surface area contributed by atoms with Gasteiger partial charge in [-0.2, -0.15) is 5.26 Å². The van der Waals surface area contributed by atoms with Gasteiger partial charge >= 0.3 is 0 Å². The van der Waals surface area contributed by atoms with Crippen molar-refractivity contribution in [3.63, 3.8) is 0 Å². The fraction of sp³-hybridized carbons (Fsp3) is 0.400. The van der Waals surface area contributed by atoms with Crippen molar-refractivity contribution in [3.05, 3.63) is 29.8 Å². The molecule has 0 atom stereocenters. The van der Waals surface area contributed by atoms with Gasteiger partial charge in [0.15, 0.2) is 6.61 Å². The number of hydrogen-bond acceptors (Lipinski definition) is 4. The lowest BCUT2D eigenvalue weighted by Gasteiger charge is -2.10. The lowest BCUT2D eigenvalue weighted by Crippen LogP contribution is -2.39. The molecule has 0 fully saturated rings. The minimum atomic E-state index is -0.414. The lowest BCUT2D eigenvalue weighted by atomic mass is 10.2. The zero-order chi connectivity index (χ0) is 15.7. The molecule has 0 radical (unpaired) electrons. The topological polar surface area (TPSA) is 91.2 Å². The van der Waals surface area contributed by atoms with Crippen molar-refractivity contribution in [1.82, 2.24) is 10.6 Å². The molecular formula is C15H19N3O3. The summed E-state index contributed by atoms with van der Waals surface area (Å²) in [6.45, 7) is 4.21. The summed E-state index contributed by atoms with van der Waals surface area (Å²) in [5, 5.41) is 14.0. The van der Waals surface area contributed by atoms with Crippen molar-refractivity contribution in [3.8, 4) is 11.8 Å². The number of ether oxygens (including phenoxy) is 1. The number of nitrogens with zero attached hydrogens (tertiary/aromatic N) is 1. The van der Waals surface area contributed by atoms with Crippen LogP contribution >= 0.6 is 0 Å². The normalized spacial score (nSPS) is 9.81. The van der Waals surface area contributed by atoms with Crippen LogP contribution in [0.15, 0.2) is 24.3 Å². The number of benzene rings is 1. The van der Waals surface area contributed by atoms with E-state index in [1.165, 1.54) is 0 Å². The summed E-state index contributed by atoms with van der Waals surface area (Å²) in [5.41, 5.74) is 0.361. The van der Waals surface area contributed by atoms with Crippen molar-refractivity contribution in [2.24, 2.45) is 5.92 Å². The molecule has 0 heterocycles. The molecule has 112 valence electrons. The number of carbonyl (C=O) groups is 2. The molecule has 2 amide bonds. The van der Waals surface area contributed by atoms with Gasteiger partial charge in [0.25, 0.3) is 5.91 Å². The van der Waals surface area contributed by atoms with Gasteiger partial charge in [-0.15, -0.1) is 0 Å². The van der Waals surface area contributed by atoms with E-state index in [4.69, 9.17) is 10.00 Å². The number of carbonyl (C=O) groups excluding carboxylic acids is 2. The fourth-order valence-corrected chi connectivity index (χ4v) is 1.44. The molecule has 0 unspecified atom stereocenters. The highest BCUT2D eigenvalue weighted by molar-refractivity contribution is 5.85. The van der Waals surface area contributed by atoms with Crippen LogP contribution in [0.3, 0.4) is 0 Å². The third-order valence-corrected chi connectivity index (χ3v) is 2.52. The Hall–Kier alpha value is -2.55. The maximum Gasteiger partial charge on any atom is 0.258 e. The van der Waals surface area contributed by atoms with Gasteiger partial charge in [0.05, 0.1) is 12.1 Å². The van der Waals surface area contributed by atoms with Crippen LogP contribution in [0.5, 0.6) is 5.75 Å². The average Bonchev–Trinajstić information content (AvgIpc) is 2.49. The second kappa shape index (κ2) is 8.59. The third kappa shape index (κ3) is 6.43. The SMILES string of the molecule is CC(C)CNC(=O)CNC(=O)COc1ccccc1C#N. The summed E-state index contributed by atoms with van der Waals surface area (Å²) in [4.78, 5) is 23.0. The van der Waals surface area contributed by atoms with Gasteiger partial charge in [0.2, 0.25) is 5.91 Å². The molecule has 6 heteroatoms. The molecule has 21 heavy (non-hydrogen) atoms. The van der Waals surface area contributed by atoms with Gasteiger partial charge in [0.1, 0.15) is 11.8 Å². The lowest BCUT2D eigenvalue weighted by molar-refractivity contribution is -0.127. The van der Waals surface area contributed by atoms with E-state index < -0.39 is 5.91 Å². The first kappa shape index (κ1) is 16.5. The average molecular weight is 289 g/mol. The molecule has 0 spiro atoms. The molecular weight excluding hydrogens is 270 g/mol. The predicted octanol–water partition coefficient (Wildman–Crippen LogP) is 0.825. The Balaban J connectivity index is 2.31. The molecule has 1 aromatic rings. The first-order chi connectivity index (χ1) is 10.0. The van der Waals surface area contributed by atoms with Gasteiger partial charge in [-0.25, -0.2) is 0 Å². The molecule has 0 saturated heterocycles. The summed E-state index contributed by atoms with van der Waals surface area (Å²) >= 11 is 0. The molecule has 0 aliphatic rings. The number of nitrogens with one attached hydrogen (secondary N) is 2. The van der Waals surface area contributed by atoms with Crippen LogP contribution in [-0.4, -0.2) is 31.5 Å². The molecule has 6 nitrogen and oxygen atoms in total. The monoisotopic (exact) mass is 289 g/mol. The molecule has 0 aliphatic heterocycles. The second-order valence-electron chi connectivity index (χ2n) is 4.87. The Bertz CT molecular complexity index is 535. The van der Waals surface area contributed by atoms with Crippen LogP contribution in [0, 0.1) is 17.2 Å². The first-order valence-electron chi connectivity index (χ1n) is 6.68. The van der Waals surface area contributed by atoms with Crippen LogP contribution in [0.4, 0.5) is 0 Å². The van der Waals surface area contributed by atoms with Crippen molar-refractivity contribution in [2.45, 2.75) is 13.8 Å². The van der Waals surface area contributed by atoms with Crippen LogP contribution in [0.1, 0.15) is 19.4 Å².